The van der Waals surface area contributed by atoms with Crippen molar-refractivity contribution in [1.29, 1.82) is 0 Å². The second kappa shape index (κ2) is 5.93. The van der Waals surface area contributed by atoms with E-state index in [2.05, 4.69) is 9.97 Å². The highest BCUT2D eigenvalue weighted by Crippen LogP contribution is 2.29. The molecule has 0 saturated heterocycles. The van der Waals surface area contributed by atoms with Gasteiger partial charge in [-0.2, -0.15) is 0 Å². The summed E-state index contributed by atoms with van der Waals surface area (Å²) in [6, 6.07) is 0. The maximum atomic E-state index is 11.7. The Balaban J connectivity index is 3.19. The molecule has 0 aliphatic rings. The van der Waals surface area contributed by atoms with Crippen LogP contribution in [-0.4, -0.2) is 16.6 Å². The summed E-state index contributed by atoms with van der Waals surface area (Å²) in [5.41, 5.74) is 5.26. The third kappa shape index (κ3) is 2.73. The number of H-pyrrole nitrogens is 1. The molecular weight excluding hydrogens is 218 g/mol. The van der Waals surface area contributed by atoms with Crippen molar-refractivity contribution >= 4 is 0 Å². The normalized spacial score (nSPS) is 11.8. The zero-order valence-electron chi connectivity index (χ0n) is 10.7. The number of nitrogens with zero attached hydrogens (tertiary/aromatic N) is 1. The summed E-state index contributed by atoms with van der Waals surface area (Å²) >= 11 is 0. The van der Waals surface area contributed by atoms with Crippen LogP contribution in [0.2, 0.25) is 0 Å². The molecule has 1 aromatic rings. The lowest BCUT2D eigenvalue weighted by molar-refractivity contribution is -0.0573. The van der Waals surface area contributed by atoms with Gasteiger partial charge in [0.2, 0.25) is 0 Å². The molecule has 0 aliphatic carbocycles. The minimum atomic E-state index is -0.499. The summed E-state index contributed by atoms with van der Waals surface area (Å²) in [5, 5.41) is 0. The van der Waals surface area contributed by atoms with Gasteiger partial charge in [0.1, 0.15) is 11.4 Å². The predicted molar refractivity (Wildman–Crippen MR) is 66.6 cm³/mol. The lowest BCUT2D eigenvalue weighted by Crippen LogP contribution is -2.34. The predicted octanol–water partition coefficient (Wildman–Crippen LogP) is 1.28. The minimum absolute atomic E-state index is 0.177. The van der Waals surface area contributed by atoms with Gasteiger partial charge >= 0.3 is 0 Å². The van der Waals surface area contributed by atoms with E-state index in [1.807, 2.05) is 20.8 Å². The van der Waals surface area contributed by atoms with Gasteiger partial charge in [-0.1, -0.05) is 13.8 Å². The Morgan fingerprint density at radius 1 is 1.41 bits per heavy atom. The third-order valence-electron chi connectivity index (χ3n) is 3.09. The van der Waals surface area contributed by atoms with Crippen molar-refractivity contribution in [1.82, 2.24) is 9.97 Å². The first-order valence-corrected chi connectivity index (χ1v) is 6.06. The maximum absolute atomic E-state index is 11.7. The van der Waals surface area contributed by atoms with Crippen LogP contribution in [0.4, 0.5) is 0 Å². The number of hydrogen-bond acceptors (Lipinski definition) is 4. The van der Waals surface area contributed by atoms with Crippen LogP contribution >= 0.6 is 0 Å². The number of aromatic amines is 1. The third-order valence-corrected chi connectivity index (χ3v) is 3.09. The van der Waals surface area contributed by atoms with Gasteiger partial charge in [0.05, 0.1) is 0 Å². The van der Waals surface area contributed by atoms with Crippen molar-refractivity contribution < 1.29 is 4.74 Å². The Morgan fingerprint density at radius 2 is 2.06 bits per heavy atom. The van der Waals surface area contributed by atoms with Crippen molar-refractivity contribution in [2.75, 3.05) is 6.61 Å². The first-order chi connectivity index (χ1) is 8.13. The standard InChI is InChI=1S/C12H21N3O2/c1-4-12(5-2,17-6-3)11-14-8-9(7-13)10(16)15-11/h8H,4-7,13H2,1-3H3,(H,14,15,16). The highest BCUT2D eigenvalue weighted by molar-refractivity contribution is 5.09. The first-order valence-electron chi connectivity index (χ1n) is 6.06. The van der Waals surface area contributed by atoms with Crippen LogP contribution < -0.4 is 11.3 Å². The molecule has 3 N–H and O–H groups in total. The van der Waals surface area contributed by atoms with Crippen molar-refractivity contribution in [3.05, 3.63) is 27.9 Å². The largest absolute Gasteiger partial charge is 0.367 e. The zero-order valence-corrected chi connectivity index (χ0v) is 10.7. The Labute approximate surface area is 101 Å². The van der Waals surface area contributed by atoms with Crippen molar-refractivity contribution in [3.8, 4) is 0 Å². The van der Waals surface area contributed by atoms with E-state index >= 15 is 0 Å². The second-order valence-corrected chi connectivity index (χ2v) is 3.92. The molecule has 0 saturated carbocycles. The molecule has 0 unspecified atom stereocenters. The van der Waals surface area contributed by atoms with Gasteiger partial charge in [0.25, 0.3) is 5.56 Å². The second-order valence-electron chi connectivity index (χ2n) is 3.92. The number of nitrogens with one attached hydrogen (secondary N) is 1. The fourth-order valence-electron chi connectivity index (χ4n) is 1.93. The van der Waals surface area contributed by atoms with Gasteiger partial charge in [-0.05, 0) is 19.8 Å². The highest BCUT2D eigenvalue weighted by atomic mass is 16.5. The van der Waals surface area contributed by atoms with Gasteiger partial charge < -0.3 is 15.5 Å². The van der Waals surface area contributed by atoms with E-state index in [-0.39, 0.29) is 12.1 Å². The summed E-state index contributed by atoms with van der Waals surface area (Å²) in [4.78, 5) is 18.8. The van der Waals surface area contributed by atoms with E-state index in [9.17, 15) is 4.79 Å². The summed E-state index contributed by atoms with van der Waals surface area (Å²) < 4.78 is 5.78. The molecule has 0 spiro atoms. The van der Waals surface area contributed by atoms with Crippen LogP contribution in [0.25, 0.3) is 0 Å². The lowest BCUT2D eigenvalue weighted by Gasteiger charge is -2.30. The fourth-order valence-corrected chi connectivity index (χ4v) is 1.93. The number of aromatic nitrogens is 2. The quantitative estimate of drug-likeness (QED) is 0.783. The molecular formula is C12H21N3O2. The molecule has 0 bridgehead atoms. The van der Waals surface area contributed by atoms with E-state index in [4.69, 9.17) is 10.5 Å². The van der Waals surface area contributed by atoms with E-state index in [1.165, 1.54) is 6.20 Å². The molecule has 5 heteroatoms. The molecule has 5 nitrogen and oxygen atoms in total. The Bertz CT molecular complexity index is 410. The molecule has 0 aliphatic heterocycles. The van der Waals surface area contributed by atoms with Crippen LogP contribution in [0.15, 0.2) is 11.0 Å². The Hall–Kier alpha value is -1.20. The van der Waals surface area contributed by atoms with Crippen LogP contribution in [0.1, 0.15) is 45.0 Å². The van der Waals surface area contributed by atoms with Gasteiger partial charge in [0.15, 0.2) is 0 Å². The summed E-state index contributed by atoms with van der Waals surface area (Å²) in [6.45, 7) is 6.77. The lowest BCUT2D eigenvalue weighted by atomic mass is 9.96. The van der Waals surface area contributed by atoms with E-state index in [0.717, 1.165) is 12.8 Å². The average molecular weight is 239 g/mol. The summed E-state index contributed by atoms with van der Waals surface area (Å²) in [6.07, 6.45) is 3.07. The zero-order chi connectivity index (χ0) is 12.9. The van der Waals surface area contributed by atoms with E-state index in [0.29, 0.717) is 18.0 Å². The topological polar surface area (TPSA) is 81.0 Å². The summed E-state index contributed by atoms with van der Waals surface area (Å²) in [7, 11) is 0. The SMILES string of the molecule is CCOC(CC)(CC)c1ncc(CN)c(=O)[nH]1. The van der Waals surface area contributed by atoms with Crippen LogP contribution in [0, 0.1) is 0 Å². The first kappa shape index (κ1) is 13.9. The molecule has 0 aromatic carbocycles. The van der Waals surface area contributed by atoms with Crippen molar-refractivity contribution in [2.24, 2.45) is 5.73 Å². The van der Waals surface area contributed by atoms with Crippen molar-refractivity contribution in [3.63, 3.8) is 0 Å². The van der Waals surface area contributed by atoms with Crippen LogP contribution in [0.3, 0.4) is 0 Å². The minimum Gasteiger partial charge on any atom is -0.367 e. The van der Waals surface area contributed by atoms with Gasteiger partial charge in [-0.15, -0.1) is 0 Å². The van der Waals surface area contributed by atoms with Gasteiger partial charge in [-0.25, -0.2) is 4.98 Å². The van der Waals surface area contributed by atoms with Gasteiger partial charge in [0, 0.05) is 24.9 Å². The Kier molecular flexibility index (Phi) is 4.84. The highest BCUT2D eigenvalue weighted by Gasteiger charge is 2.31. The molecule has 1 rings (SSSR count). The monoisotopic (exact) mass is 239 g/mol. The smallest absolute Gasteiger partial charge is 0.255 e. The van der Waals surface area contributed by atoms with E-state index < -0.39 is 5.60 Å². The van der Waals surface area contributed by atoms with Crippen LogP contribution in [0.5, 0.6) is 0 Å². The molecule has 0 atom stereocenters. The molecule has 0 fully saturated rings. The number of nitrogens with two attached hydrogens (primary N) is 1. The average Bonchev–Trinajstić information content (AvgIpc) is 2.36. The molecule has 96 valence electrons. The van der Waals surface area contributed by atoms with E-state index in [1.54, 1.807) is 0 Å². The maximum Gasteiger partial charge on any atom is 0.255 e. The number of hydrogen-bond donors (Lipinski definition) is 2. The van der Waals surface area contributed by atoms with Gasteiger partial charge in [-0.3, -0.25) is 4.79 Å². The van der Waals surface area contributed by atoms with Crippen LogP contribution in [-0.2, 0) is 16.9 Å². The molecule has 17 heavy (non-hydrogen) atoms. The fraction of sp³-hybridized carbons (Fsp3) is 0.667. The number of ether oxygens (including phenoxy) is 1. The molecule has 0 radical (unpaired) electrons. The molecule has 1 heterocycles. The number of rotatable bonds is 6. The van der Waals surface area contributed by atoms with Crippen molar-refractivity contribution in [2.45, 2.75) is 45.8 Å². The molecule has 1 aromatic heterocycles. The summed E-state index contributed by atoms with van der Waals surface area (Å²) in [5.74, 6) is 0.589. The Morgan fingerprint density at radius 3 is 2.47 bits per heavy atom. The molecule has 0 amide bonds.